The summed E-state index contributed by atoms with van der Waals surface area (Å²) in [4.78, 5) is 28.5. The quantitative estimate of drug-likeness (QED) is 0.399. The molecule has 1 unspecified atom stereocenters. The van der Waals surface area contributed by atoms with Crippen molar-refractivity contribution in [3.63, 3.8) is 0 Å². The van der Waals surface area contributed by atoms with Crippen LogP contribution in [-0.2, 0) is 0 Å². The highest BCUT2D eigenvalue weighted by atomic mass is 19.1. The van der Waals surface area contributed by atoms with Crippen molar-refractivity contribution in [2.45, 2.75) is 38.8 Å². The minimum absolute atomic E-state index is 0.0105. The number of halogens is 1. The van der Waals surface area contributed by atoms with E-state index in [0.29, 0.717) is 37.4 Å². The number of carboxylic acids is 1. The van der Waals surface area contributed by atoms with Crippen LogP contribution in [0.1, 0.15) is 43.1 Å². The van der Waals surface area contributed by atoms with Gasteiger partial charge in [0.1, 0.15) is 11.3 Å². The first-order valence-corrected chi connectivity index (χ1v) is 10.6. The van der Waals surface area contributed by atoms with Gasteiger partial charge in [-0.2, -0.15) is 0 Å². The Kier molecular flexibility index (Phi) is 5.81. The number of nitrogens with zero attached hydrogens (tertiary/aromatic N) is 4. The van der Waals surface area contributed by atoms with Crippen molar-refractivity contribution < 1.29 is 24.2 Å². The number of rotatable bonds is 6. The molecule has 2 aromatic rings. The molecule has 1 aromatic carbocycles. The van der Waals surface area contributed by atoms with Gasteiger partial charge in [-0.1, -0.05) is 5.16 Å². The van der Waals surface area contributed by atoms with Crippen LogP contribution in [0.4, 0.5) is 10.1 Å². The molecule has 1 aromatic heterocycles. The number of oxime groups is 1. The van der Waals surface area contributed by atoms with Crippen molar-refractivity contribution in [1.82, 2.24) is 9.47 Å². The van der Waals surface area contributed by atoms with E-state index in [1.54, 1.807) is 11.5 Å². The number of benzene rings is 1. The number of hydrogen-bond acceptors (Lipinski definition) is 7. The molecule has 9 nitrogen and oxygen atoms in total. The molecule has 1 saturated carbocycles. The summed E-state index contributed by atoms with van der Waals surface area (Å²) in [6.07, 6.45) is 3.06. The number of anilines is 1. The molecule has 0 amide bonds. The number of aromatic nitrogens is 1. The average molecular weight is 446 g/mol. The summed E-state index contributed by atoms with van der Waals surface area (Å²) < 4.78 is 22.8. The van der Waals surface area contributed by atoms with E-state index in [1.807, 2.05) is 11.8 Å². The van der Waals surface area contributed by atoms with Gasteiger partial charge in [-0.3, -0.25) is 9.69 Å². The van der Waals surface area contributed by atoms with Crippen LogP contribution in [0.25, 0.3) is 10.9 Å². The smallest absolute Gasteiger partial charge is 0.341 e. The third-order valence-corrected chi connectivity index (χ3v) is 6.26. The number of methoxy groups -OCH3 is 1. The zero-order valence-corrected chi connectivity index (χ0v) is 18.3. The highest BCUT2D eigenvalue weighted by Gasteiger charge is 2.33. The minimum Gasteiger partial charge on any atom is -0.492 e. The Morgan fingerprint density at radius 3 is 2.62 bits per heavy atom. The first-order valence-electron chi connectivity index (χ1n) is 10.6. The van der Waals surface area contributed by atoms with E-state index in [2.05, 4.69) is 10.1 Å². The summed E-state index contributed by atoms with van der Waals surface area (Å²) in [6, 6.07) is 1.25. The summed E-state index contributed by atoms with van der Waals surface area (Å²) in [5.74, 6) is -1.71. The van der Waals surface area contributed by atoms with Gasteiger partial charge in [-0.25, -0.2) is 9.18 Å². The molecule has 32 heavy (non-hydrogen) atoms. The SMILES string of the molecule is COc1c(N2CCN(C/C(C)=N/O)C(C)C2)c(F)cc2c(=O)c(C(=O)O)cn(C3CC3)c12. The molecular weight excluding hydrogens is 419 g/mol. The summed E-state index contributed by atoms with van der Waals surface area (Å²) in [5, 5.41) is 21.7. The maximum atomic E-state index is 15.4. The van der Waals surface area contributed by atoms with Crippen molar-refractivity contribution in [1.29, 1.82) is 0 Å². The fourth-order valence-electron chi connectivity index (χ4n) is 4.48. The van der Waals surface area contributed by atoms with Gasteiger partial charge >= 0.3 is 5.97 Å². The van der Waals surface area contributed by atoms with Gasteiger partial charge in [-0.15, -0.1) is 0 Å². The van der Waals surface area contributed by atoms with Crippen molar-refractivity contribution in [2.75, 3.05) is 38.2 Å². The highest BCUT2D eigenvalue weighted by Crippen LogP contribution is 2.44. The zero-order chi connectivity index (χ0) is 23.2. The number of fused-ring (bicyclic) bond motifs is 1. The molecule has 172 valence electrons. The normalized spacial score (nSPS) is 20.1. The van der Waals surface area contributed by atoms with E-state index in [4.69, 9.17) is 9.94 Å². The Bertz CT molecular complexity index is 1160. The molecule has 2 fully saturated rings. The van der Waals surface area contributed by atoms with Crippen molar-refractivity contribution >= 4 is 28.3 Å². The molecule has 2 N–H and O–H groups in total. The van der Waals surface area contributed by atoms with Crippen LogP contribution in [0.2, 0.25) is 0 Å². The molecule has 2 aliphatic rings. The van der Waals surface area contributed by atoms with Crippen LogP contribution in [0.5, 0.6) is 5.75 Å². The van der Waals surface area contributed by atoms with Crippen LogP contribution in [-0.4, -0.2) is 70.8 Å². The Morgan fingerprint density at radius 1 is 1.34 bits per heavy atom. The number of hydrogen-bond donors (Lipinski definition) is 2. The van der Waals surface area contributed by atoms with E-state index < -0.39 is 17.2 Å². The fraction of sp³-hybridized carbons (Fsp3) is 0.500. The zero-order valence-electron chi connectivity index (χ0n) is 18.3. The van der Waals surface area contributed by atoms with Gasteiger partial charge in [0, 0.05) is 44.5 Å². The fourth-order valence-corrected chi connectivity index (χ4v) is 4.48. The molecule has 0 bridgehead atoms. The molecule has 1 aliphatic heterocycles. The van der Waals surface area contributed by atoms with Gasteiger partial charge in [0.05, 0.1) is 23.7 Å². The Morgan fingerprint density at radius 2 is 2.06 bits per heavy atom. The number of ether oxygens (including phenoxy) is 1. The lowest BCUT2D eigenvalue weighted by Gasteiger charge is -2.41. The lowest BCUT2D eigenvalue weighted by Crippen LogP contribution is -2.53. The molecule has 0 spiro atoms. The van der Waals surface area contributed by atoms with Crippen LogP contribution in [0.15, 0.2) is 22.2 Å². The first-order chi connectivity index (χ1) is 15.3. The second-order valence-corrected chi connectivity index (χ2v) is 8.55. The van der Waals surface area contributed by atoms with Gasteiger partial charge < -0.3 is 24.5 Å². The van der Waals surface area contributed by atoms with Gasteiger partial charge in [0.15, 0.2) is 11.6 Å². The van der Waals surface area contributed by atoms with E-state index in [1.165, 1.54) is 13.3 Å². The number of carboxylic acid groups (broad SMARTS) is 1. The maximum absolute atomic E-state index is 15.4. The second kappa shape index (κ2) is 8.42. The maximum Gasteiger partial charge on any atom is 0.341 e. The summed E-state index contributed by atoms with van der Waals surface area (Å²) in [7, 11) is 1.44. The lowest BCUT2D eigenvalue weighted by atomic mass is 10.1. The van der Waals surface area contributed by atoms with Crippen LogP contribution in [0.3, 0.4) is 0 Å². The molecule has 1 aliphatic carbocycles. The molecule has 2 heterocycles. The average Bonchev–Trinajstić information content (AvgIpc) is 3.60. The third kappa shape index (κ3) is 3.79. The standard InChI is InChI=1S/C22H27FN4O5/c1-12(24-31)9-25-6-7-26(10-13(25)2)19-17(23)8-15-18(21(19)32-3)27(14-4-5-14)11-16(20(15)28)22(29)30/h8,11,13-14,31H,4-7,9-10H2,1-3H3,(H,29,30)/b24-12+. The predicted molar refractivity (Wildman–Crippen MR) is 118 cm³/mol. The Balaban J connectivity index is 1.82. The van der Waals surface area contributed by atoms with Crippen molar-refractivity contribution in [2.24, 2.45) is 5.16 Å². The second-order valence-electron chi connectivity index (χ2n) is 8.55. The third-order valence-electron chi connectivity index (χ3n) is 6.26. The van der Waals surface area contributed by atoms with E-state index in [9.17, 15) is 14.7 Å². The Hall–Kier alpha value is -3.14. The molecule has 4 rings (SSSR count). The Labute approximate surface area is 184 Å². The lowest BCUT2D eigenvalue weighted by molar-refractivity contribution is 0.0694. The summed E-state index contributed by atoms with van der Waals surface area (Å²) >= 11 is 0. The molecular formula is C22H27FN4O5. The van der Waals surface area contributed by atoms with Gasteiger partial charge in [-0.05, 0) is 32.8 Å². The van der Waals surface area contributed by atoms with Crippen LogP contribution >= 0.6 is 0 Å². The van der Waals surface area contributed by atoms with Gasteiger partial charge in [0.2, 0.25) is 5.43 Å². The first kappa shape index (κ1) is 22.1. The van der Waals surface area contributed by atoms with Crippen LogP contribution in [0, 0.1) is 5.82 Å². The largest absolute Gasteiger partial charge is 0.492 e. The topological polar surface area (TPSA) is 108 Å². The summed E-state index contributed by atoms with van der Waals surface area (Å²) in [6.45, 7) is 5.93. The van der Waals surface area contributed by atoms with E-state index in [0.717, 1.165) is 18.9 Å². The van der Waals surface area contributed by atoms with E-state index >= 15 is 4.39 Å². The predicted octanol–water partition coefficient (Wildman–Crippen LogP) is 2.54. The number of piperazine rings is 1. The minimum atomic E-state index is -1.33. The molecule has 1 saturated heterocycles. The molecule has 1 atom stereocenters. The number of pyridine rings is 1. The number of carbonyl (C=O) groups is 1. The molecule has 10 heteroatoms. The summed E-state index contributed by atoms with van der Waals surface area (Å²) in [5.41, 5.74) is 0.213. The van der Waals surface area contributed by atoms with Crippen molar-refractivity contribution in [3.05, 3.63) is 33.9 Å². The van der Waals surface area contributed by atoms with E-state index in [-0.39, 0.29) is 34.5 Å². The number of aromatic carboxylic acids is 1. The van der Waals surface area contributed by atoms with Gasteiger partial charge in [0.25, 0.3) is 0 Å². The molecule has 0 radical (unpaired) electrons. The monoisotopic (exact) mass is 446 g/mol. The van der Waals surface area contributed by atoms with Crippen LogP contribution < -0.4 is 15.1 Å². The van der Waals surface area contributed by atoms with Crippen molar-refractivity contribution in [3.8, 4) is 5.75 Å². The highest BCUT2D eigenvalue weighted by molar-refractivity contribution is 5.97.